The van der Waals surface area contributed by atoms with Crippen LogP contribution in [0.2, 0.25) is 0 Å². The molecule has 0 aromatic heterocycles. The third-order valence-corrected chi connectivity index (χ3v) is 2.75. The number of alkyl halides is 1. The Labute approximate surface area is 94.4 Å². The summed E-state index contributed by atoms with van der Waals surface area (Å²) >= 11 is 7.35. The Kier molecular flexibility index (Phi) is 3.67. The molecule has 0 radical (unpaired) electrons. The van der Waals surface area contributed by atoms with Gasteiger partial charge in [0.2, 0.25) is 0 Å². The van der Waals surface area contributed by atoms with Gasteiger partial charge in [0.1, 0.15) is 5.82 Å². The molecule has 1 aromatic carbocycles. The van der Waals surface area contributed by atoms with Gasteiger partial charge in [-0.05, 0) is 47.2 Å². The minimum absolute atomic E-state index is 0.0670. The fraction of sp³-hybridized carbons (Fsp3) is 0.222. The lowest BCUT2D eigenvalue weighted by atomic mass is 10.1. The first kappa shape index (κ1) is 10.9. The summed E-state index contributed by atoms with van der Waals surface area (Å²) in [7, 11) is 0. The number of ketones is 1. The van der Waals surface area contributed by atoms with Gasteiger partial charge in [0.05, 0.1) is 5.88 Å². The summed E-state index contributed by atoms with van der Waals surface area (Å²) in [4.78, 5) is 11.3. The molecule has 0 aliphatic rings. The van der Waals surface area contributed by atoms with Crippen LogP contribution in [-0.4, -0.2) is 11.7 Å². The number of hydrogen-bond acceptors (Lipinski definition) is 1. The van der Waals surface area contributed by atoms with Gasteiger partial charge in [0, 0.05) is 9.13 Å². The van der Waals surface area contributed by atoms with Gasteiger partial charge in [-0.3, -0.25) is 4.79 Å². The lowest BCUT2D eigenvalue weighted by Gasteiger charge is -2.05. The number of rotatable bonds is 2. The van der Waals surface area contributed by atoms with Crippen molar-refractivity contribution in [1.82, 2.24) is 0 Å². The Morgan fingerprint density at radius 1 is 1.62 bits per heavy atom. The van der Waals surface area contributed by atoms with Gasteiger partial charge in [0.25, 0.3) is 0 Å². The fourth-order valence-corrected chi connectivity index (χ4v) is 2.28. The summed E-state index contributed by atoms with van der Waals surface area (Å²) in [5, 5.41) is 0. The molecule has 0 saturated carbocycles. The van der Waals surface area contributed by atoms with Crippen molar-refractivity contribution >= 4 is 40.0 Å². The summed E-state index contributed by atoms with van der Waals surface area (Å²) in [6.45, 7) is 1.70. The molecule has 0 N–H and O–H groups in total. The van der Waals surface area contributed by atoms with Gasteiger partial charge in [0.15, 0.2) is 5.78 Å². The van der Waals surface area contributed by atoms with Crippen molar-refractivity contribution in [1.29, 1.82) is 0 Å². The summed E-state index contributed by atoms with van der Waals surface area (Å²) in [6.07, 6.45) is 0. The maximum absolute atomic E-state index is 12.8. The highest BCUT2D eigenvalue weighted by atomic mass is 127. The minimum atomic E-state index is -0.326. The van der Waals surface area contributed by atoms with Crippen molar-refractivity contribution in [3.05, 3.63) is 32.6 Å². The quantitative estimate of drug-likeness (QED) is 0.466. The molecule has 0 unspecified atom stereocenters. The predicted molar refractivity (Wildman–Crippen MR) is 58.9 cm³/mol. The van der Waals surface area contributed by atoms with E-state index in [-0.39, 0.29) is 17.5 Å². The highest BCUT2D eigenvalue weighted by molar-refractivity contribution is 14.1. The van der Waals surface area contributed by atoms with Crippen LogP contribution in [0.4, 0.5) is 4.39 Å². The molecule has 0 heterocycles. The van der Waals surface area contributed by atoms with Crippen molar-refractivity contribution in [2.75, 3.05) is 5.88 Å². The molecular formula is C9H7ClFIO. The molecule has 1 rings (SSSR count). The Morgan fingerprint density at radius 2 is 2.23 bits per heavy atom. The molecule has 0 aliphatic carbocycles. The molecule has 0 fully saturated rings. The maximum Gasteiger partial charge on any atom is 0.178 e. The largest absolute Gasteiger partial charge is 0.293 e. The van der Waals surface area contributed by atoms with Gasteiger partial charge < -0.3 is 0 Å². The molecule has 0 atom stereocenters. The standard InChI is InChI=1S/C9H7ClFIO/c1-5-2-6(11)3-7(12)9(5)8(13)4-10/h2-3H,4H2,1H3. The molecule has 70 valence electrons. The number of halogens is 3. The zero-order valence-corrected chi connectivity index (χ0v) is 9.82. The van der Waals surface area contributed by atoms with Crippen molar-refractivity contribution in [2.45, 2.75) is 6.92 Å². The average Bonchev–Trinajstić information content (AvgIpc) is 2.02. The molecule has 0 saturated heterocycles. The lowest BCUT2D eigenvalue weighted by molar-refractivity contribution is 0.101. The van der Waals surface area contributed by atoms with E-state index in [0.717, 1.165) is 0 Å². The number of hydrogen-bond donors (Lipinski definition) is 0. The smallest absolute Gasteiger partial charge is 0.178 e. The molecule has 1 nitrogen and oxygen atoms in total. The first-order valence-electron chi connectivity index (χ1n) is 3.61. The van der Waals surface area contributed by atoms with E-state index in [2.05, 4.69) is 0 Å². The second kappa shape index (κ2) is 4.37. The van der Waals surface area contributed by atoms with Gasteiger partial charge >= 0.3 is 0 Å². The molecule has 0 bridgehead atoms. The normalized spacial score (nSPS) is 10.2. The van der Waals surface area contributed by atoms with Crippen LogP contribution < -0.4 is 0 Å². The number of Topliss-reactive ketones (excluding diaryl/α,β-unsaturated/α-hetero) is 1. The summed E-state index contributed by atoms with van der Waals surface area (Å²) in [6, 6.07) is 2.66. The Balaban J connectivity index is 3.28. The van der Waals surface area contributed by atoms with Crippen LogP contribution in [0.15, 0.2) is 12.1 Å². The van der Waals surface area contributed by atoms with E-state index in [1.807, 2.05) is 22.6 Å². The first-order valence-corrected chi connectivity index (χ1v) is 5.22. The maximum atomic E-state index is 12.8. The van der Waals surface area contributed by atoms with Crippen molar-refractivity contribution in [3.63, 3.8) is 0 Å². The monoisotopic (exact) mass is 312 g/mol. The SMILES string of the molecule is Cc1cc(F)cc(I)c1C(=O)CCl. The van der Waals surface area contributed by atoms with E-state index in [4.69, 9.17) is 11.6 Å². The number of carbonyl (C=O) groups is 1. The molecular weight excluding hydrogens is 305 g/mol. The Bertz CT molecular complexity index is 328. The Hall–Kier alpha value is -0.160. The fourth-order valence-electron chi connectivity index (χ4n) is 1.12. The zero-order chi connectivity index (χ0) is 10.0. The van der Waals surface area contributed by atoms with Crippen LogP contribution in [0.25, 0.3) is 0 Å². The number of carbonyl (C=O) groups excluding carboxylic acids is 1. The van der Waals surface area contributed by atoms with Crippen molar-refractivity contribution < 1.29 is 9.18 Å². The van der Waals surface area contributed by atoms with Crippen LogP contribution in [-0.2, 0) is 0 Å². The summed E-state index contributed by atoms with van der Waals surface area (Å²) in [5.74, 6) is -0.556. The van der Waals surface area contributed by atoms with Gasteiger partial charge in [-0.1, -0.05) is 0 Å². The number of aryl methyl sites for hydroxylation is 1. The highest BCUT2D eigenvalue weighted by Gasteiger charge is 2.12. The molecule has 4 heteroatoms. The topological polar surface area (TPSA) is 17.1 Å². The van der Waals surface area contributed by atoms with E-state index >= 15 is 0 Å². The highest BCUT2D eigenvalue weighted by Crippen LogP contribution is 2.19. The second-order valence-corrected chi connectivity index (χ2v) is 4.07. The summed E-state index contributed by atoms with van der Waals surface area (Å²) in [5.41, 5.74) is 1.16. The molecule has 1 aromatic rings. The minimum Gasteiger partial charge on any atom is -0.293 e. The summed E-state index contributed by atoms with van der Waals surface area (Å²) < 4.78 is 13.4. The Morgan fingerprint density at radius 3 is 2.69 bits per heavy atom. The van der Waals surface area contributed by atoms with E-state index in [1.54, 1.807) is 6.92 Å². The van der Waals surface area contributed by atoms with Crippen molar-refractivity contribution in [2.24, 2.45) is 0 Å². The molecule has 0 amide bonds. The van der Waals surface area contributed by atoms with Crippen LogP contribution in [0.1, 0.15) is 15.9 Å². The predicted octanol–water partition coefficient (Wildman–Crippen LogP) is 3.16. The van der Waals surface area contributed by atoms with Crippen molar-refractivity contribution in [3.8, 4) is 0 Å². The zero-order valence-electron chi connectivity index (χ0n) is 6.90. The molecule has 0 spiro atoms. The lowest BCUT2D eigenvalue weighted by Crippen LogP contribution is -2.06. The first-order chi connectivity index (χ1) is 6.06. The van der Waals surface area contributed by atoms with E-state index in [9.17, 15) is 9.18 Å². The van der Waals surface area contributed by atoms with Gasteiger partial charge in [-0.15, -0.1) is 11.6 Å². The molecule has 13 heavy (non-hydrogen) atoms. The molecule has 0 aliphatic heterocycles. The average molecular weight is 313 g/mol. The van der Waals surface area contributed by atoms with Crippen LogP contribution in [0, 0.1) is 16.3 Å². The van der Waals surface area contributed by atoms with Crippen LogP contribution in [0.3, 0.4) is 0 Å². The van der Waals surface area contributed by atoms with Gasteiger partial charge in [-0.25, -0.2) is 4.39 Å². The third-order valence-electron chi connectivity index (χ3n) is 1.65. The van der Waals surface area contributed by atoms with Crippen LogP contribution >= 0.6 is 34.2 Å². The third kappa shape index (κ3) is 2.40. The van der Waals surface area contributed by atoms with Crippen LogP contribution in [0.5, 0.6) is 0 Å². The second-order valence-electron chi connectivity index (χ2n) is 2.64. The van der Waals surface area contributed by atoms with E-state index in [0.29, 0.717) is 14.7 Å². The van der Waals surface area contributed by atoms with Gasteiger partial charge in [-0.2, -0.15) is 0 Å². The van der Waals surface area contributed by atoms with E-state index < -0.39 is 0 Å². The van der Waals surface area contributed by atoms with E-state index in [1.165, 1.54) is 12.1 Å². The number of benzene rings is 1.